The van der Waals surface area contributed by atoms with Crippen LogP contribution in [0, 0.1) is 0 Å². The number of halogens is 1. The summed E-state index contributed by atoms with van der Waals surface area (Å²) >= 11 is 3.53. The number of amides is 1. The molecule has 1 aliphatic rings. The van der Waals surface area contributed by atoms with E-state index in [1.807, 2.05) is 36.4 Å². The normalized spacial score (nSPS) is 16.3. The molecular weight excluding hydrogens is 412 g/mol. The molecule has 1 aromatic carbocycles. The SMILES string of the molecule is O=C1c2ccccc2C(Cc2ncccc2Br)N1C/C=C/c1n[nH]c(=O)o1. The molecule has 7 nitrogen and oxygen atoms in total. The van der Waals surface area contributed by atoms with Crippen molar-refractivity contribution in [1.82, 2.24) is 20.1 Å². The molecule has 1 aliphatic heterocycles. The van der Waals surface area contributed by atoms with Gasteiger partial charge in [0.1, 0.15) is 0 Å². The zero-order valence-electron chi connectivity index (χ0n) is 14.1. The fraction of sp³-hybridized carbons (Fsp3) is 0.158. The summed E-state index contributed by atoms with van der Waals surface area (Å²) < 4.78 is 5.76. The lowest BCUT2D eigenvalue weighted by Crippen LogP contribution is -2.29. The maximum Gasteiger partial charge on any atom is 0.434 e. The summed E-state index contributed by atoms with van der Waals surface area (Å²) in [4.78, 5) is 30.1. The smallest absolute Gasteiger partial charge is 0.388 e. The topological polar surface area (TPSA) is 92.1 Å². The van der Waals surface area contributed by atoms with E-state index in [2.05, 4.69) is 31.1 Å². The molecule has 4 rings (SSSR count). The van der Waals surface area contributed by atoms with E-state index in [9.17, 15) is 9.59 Å². The molecule has 0 bridgehead atoms. The minimum atomic E-state index is -0.614. The molecule has 1 unspecified atom stereocenters. The number of hydrogen-bond donors (Lipinski definition) is 1. The number of aromatic amines is 1. The maximum atomic E-state index is 12.9. The molecule has 1 amide bonds. The van der Waals surface area contributed by atoms with E-state index in [1.165, 1.54) is 0 Å². The van der Waals surface area contributed by atoms with E-state index in [4.69, 9.17) is 4.42 Å². The molecular formula is C19H15BrN4O3. The molecule has 0 aliphatic carbocycles. The third kappa shape index (κ3) is 3.48. The monoisotopic (exact) mass is 426 g/mol. The van der Waals surface area contributed by atoms with Gasteiger partial charge in [0.15, 0.2) is 0 Å². The third-order valence-electron chi connectivity index (χ3n) is 4.43. The zero-order valence-corrected chi connectivity index (χ0v) is 15.7. The molecule has 2 aromatic heterocycles. The average molecular weight is 427 g/mol. The minimum absolute atomic E-state index is 0.0317. The van der Waals surface area contributed by atoms with Gasteiger partial charge in [-0.3, -0.25) is 9.78 Å². The number of nitrogens with zero attached hydrogens (tertiary/aromatic N) is 3. The second-order valence-electron chi connectivity index (χ2n) is 6.05. The van der Waals surface area contributed by atoms with Gasteiger partial charge >= 0.3 is 5.76 Å². The van der Waals surface area contributed by atoms with Gasteiger partial charge in [-0.2, -0.15) is 0 Å². The Kier molecular flexibility index (Phi) is 4.72. The highest BCUT2D eigenvalue weighted by molar-refractivity contribution is 9.10. The van der Waals surface area contributed by atoms with Crippen LogP contribution >= 0.6 is 15.9 Å². The lowest BCUT2D eigenvalue weighted by atomic mass is 10.0. The molecule has 1 N–H and O–H groups in total. The van der Waals surface area contributed by atoms with Crippen LogP contribution in [0.3, 0.4) is 0 Å². The van der Waals surface area contributed by atoms with Gasteiger partial charge in [-0.05, 0) is 39.7 Å². The number of carbonyl (C=O) groups excluding carboxylic acids is 1. The predicted octanol–water partition coefficient (Wildman–Crippen LogP) is 2.97. The number of H-pyrrole nitrogens is 1. The fourth-order valence-corrected chi connectivity index (χ4v) is 3.63. The summed E-state index contributed by atoms with van der Waals surface area (Å²) in [6, 6.07) is 11.3. The van der Waals surface area contributed by atoms with Crippen LogP contribution in [0.15, 0.2) is 62.4 Å². The number of carbonyl (C=O) groups is 1. The number of hydrogen-bond acceptors (Lipinski definition) is 5. The predicted molar refractivity (Wildman–Crippen MR) is 102 cm³/mol. The zero-order chi connectivity index (χ0) is 18.8. The molecule has 27 heavy (non-hydrogen) atoms. The Morgan fingerprint density at radius 2 is 2.07 bits per heavy atom. The average Bonchev–Trinajstić information content (AvgIpc) is 3.20. The highest BCUT2D eigenvalue weighted by atomic mass is 79.9. The van der Waals surface area contributed by atoms with Crippen molar-refractivity contribution >= 4 is 27.9 Å². The summed E-state index contributed by atoms with van der Waals surface area (Å²) in [5.41, 5.74) is 2.58. The Balaban J connectivity index is 1.62. The van der Waals surface area contributed by atoms with Crippen LogP contribution in [0.25, 0.3) is 6.08 Å². The largest absolute Gasteiger partial charge is 0.434 e. The van der Waals surface area contributed by atoms with Crippen molar-refractivity contribution in [2.75, 3.05) is 6.54 Å². The van der Waals surface area contributed by atoms with Crippen LogP contribution in [-0.2, 0) is 6.42 Å². The van der Waals surface area contributed by atoms with Crippen LogP contribution in [0.1, 0.15) is 33.5 Å². The molecule has 3 aromatic rings. The van der Waals surface area contributed by atoms with Gasteiger partial charge in [0.2, 0.25) is 5.89 Å². The first-order chi connectivity index (χ1) is 13.1. The van der Waals surface area contributed by atoms with Gasteiger partial charge in [0, 0.05) is 35.3 Å². The van der Waals surface area contributed by atoms with Crippen molar-refractivity contribution in [2.24, 2.45) is 0 Å². The van der Waals surface area contributed by atoms with Gasteiger partial charge in [-0.1, -0.05) is 24.3 Å². The summed E-state index contributed by atoms with van der Waals surface area (Å²) in [7, 11) is 0. The Hall–Kier alpha value is -3.00. The number of rotatable bonds is 5. The van der Waals surface area contributed by atoms with Crippen molar-refractivity contribution in [3.05, 3.63) is 86.4 Å². The summed E-state index contributed by atoms with van der Waals surface area (Å²) in [6.45, 7) is 0.360. The van der Waals surface area contributed by atoms with E-state index in [0.29, 0.717) is 18.5 Å². The van der Waals surface area contributed by atoms with Crippen molar-refractivity contribution in [3.63, 3.8) is 0 Å². The highest BCUT2D eigenvalue weighted by Crippen LogP contribution is 2.36. The van der Waals surface area contributed by atoms with Gasteiger partial charge in [0.25, 0.3) is 5.91 Å². The fourth-order valence-electron chi connectivity index (χ4n) is 3.21. The van der Waals surface area contributed by atoms with Crippen LogP contribution in [0.5, 0.6) is 0 Å². The van der Waals surface area contributed by atoms with Gasteiger partial charge < -0.3 is 9.32 Å². The quantitative estimate of drug-likeness (QED) is 0.676. The van der Waals surface area contributed by atoms with Crippen LogP contribution in [0.4, 0.5) is 0 Å². The molecule has 0 saturated carbocycles. The second kappa shape index (κ2) is 7.32. The summed E-state index contributed by atoms with van der Waals surface area (Å²) in [6.07, 6.45) is 5.66. The lowest BCUT2D eigenvalue weighted by molar-refractivity contribution is 0.0747. The molecule has 0 radical (unpaired) electrons. The molecule has 3 heterocycles. The van der Waals surface area contributed by atoms with Crippen LogP contribution < -0.4 is 5.76 Å². The number of fused-ring (bicyclic) bond motifs is 1. The second-order valence-corrected chi connectivity index (χ2v) is 6.90. The van der Waals surface area contributed by atoms with E-state index >= 15 is 0 Å². The Bertz CT molecular complexity index is 1070. The maximum absolute atomic E-state index is 12.9. The van der Waals surface area contributed by atoms with Crippen LogP contribution in [-0.4, -0.2) is 32.5 Å². The van der Waals surface area contributed by atoms with Gasteiger partial charge in [-0.15, -0.1) is 5.10 Å². The van der Waals surface area contributed by atoms with E-state index in [0.717, 1.165) is 15.7 Å². The number of aromatic nitrogens is 3. The Morgan fingerprint density at radius 3 is 2.85 bits per heavy atom. The Labute approximate surface area is 162 Å². The molecule has 0 fully saturated rings. The molecule has 0 saturated heterocycles. The van der Waals surface area contributed by atoms with Gasteiger partial charge in [0.05, 0.1) is 11.7 Å². The molecule has 136 valence electrons. The summed E-state index contributed by atoms with van der Waals surface area (Å²) in [5, 5.41) is 5.93. The minimum Gasteiger partial charge on any atom is -0.388 e. The molecule has 8 heteroatoms. The van der Waals surface area contributed by atoms with Crippen molar-refractivity contribution in [2.45, 2.75) is 12.5 Å². The number of nitrogens with one attached hydrogen (secondary N) is 1. The number of pyridine rings is 1. The van der Waals surface area contributed by atoms with Crippen LogP contribution in [0.2, 0.25) is 0 Å². The van der Waals surface area contributed by atoms with Crippen molar-refractivity contribution < 1.29 is 9.21 Å². The van der Waals surface area contributed by atoms with E-state index in [-0.39, 0.29) is 17.8 Å². The first-order valence-corrected chi connectivity index (χ1v) is 9.14. The highest BCUT2D eigenvalue weighted by Gasteiger charge is 2.36. The first kappa shape index (κ1) is 17.4. The van der Waals surface area contributed by atoms with Crippen molar-refractivity contribution in [1.29, 1.82) is 0 Å². The van der Waals surface area contributed by atoms with E-state index < -0.39 is 5.76 Å². The Morgan fingerprint density at radius 1 is 1.22 bits per heavy atom. The van der Waals surface area contributed by atoms with Crippen molar-refractivity contribution in [3.8, 4) is 0 Å². The third-order valence-corrected chi connectivity index (χ3v) is 5.15. The first-order valence-electron chi connectivity index (χ1n) is 8.35. The molecule has 0 spiro atoms. The van der Waals surface area contributed by atoms with E-state index in [1.54, 1.807) is 23.2 Å². The lowest BCUT2D eigenvalue weighted by Gasteiger charge is -2.24. The van der Waals surface area contributed by atoms with Gasteiger partial charge in [-0.25, -0.2) is 9.89 Å². The standard InChI is InChI=1S/C19H15BrN4O3/c20-14-7-3-9-21-15(14)11-16-12-5-1-2-6-13(12)18(25)24(16)10-4-8-17-22-23-19(26)27-17/h1-9,16H,10-11H2,(H,23,26)/b8-4+. The molecule has 1 atom stereocenters. The number of benzene rings is 1. The summed E-state index contributed by atoms with van der Waals surface area (Å²) in [5.74, 6) is -0.471.